The van der Waals surface area contributed by atoms with E-state index in [2.05, 4.69) is 10.3 Å². The second kappa shape index (κ2) is 7.57. The molecule has 152 valence electrons. The van der Waals surface area contributed by atoms with Crippen molar-refractivity contribution in [2.24, 2.45) is 0 Å². The highest BCUT2D eigenvalue weighted by Crippen LogP contribution is 2.21. The van der Waals surface area contributed by atoms with Gasteiger partial charge in [-0.25, -0.2) is 4.79 Å². The summed E-state index contributed by atoms with van der Waals surface area (Å²) in [6.07, 6.45) is -1.31. The first kappa shape index (κ1) is 21.3. The van der Waals surface area contributed by atoms with E-state index in [9.17, 15) is 24.0 Å². The van der Waals surface area contributed by atoms with Crippen LogP contribution in [0.15, 0.2) is 0 Å². The fourth-order valence-corrected chi connectivity index (χ4v) is 3.26. The molecule has 1 saturated heterocycles. The summed E-state index contributed by atoms with van der Waals surface area (Å²) in [5, 5.41) is 2.52. The summed E-state index contributed by atoms with van der Waals surface area (Å²) < 4.78 is 5.15. The minimum absolute atomic E-state index is 0.136. The molecule has 0 bridgehead atoms. The number of H-pyrrole nitrogens is 1. The zero-order valence-corrected chi connectivity index (χ0v) is 16.9. The Bertz CT molecular complexity index is 867. The van der Waals surface area contributed by atoms with E-state index in [0.29, 0.717) is 16.8 Å². The van der Waals surface area contributed by atoms with Gasteiger partial charge in [-0.05, 0) is 47.1 Å². The van der Waals surface area contributed by atoms with Crippen LogP contribution in [0.1, 0.15) is 66.2 Å². The smallest absolute Gasteiger partial charge is 0.325 e. The highest BCUT2D eigenvalue weighted by atomic mass is 16.5. The number of esters is 1. The summed E-state index contributed by atoms with van der Waals surface area (Å²) in [6, 6.07) is -0.568. The highest BCUT2D eigenvalue weighted by Gasteiger charge is 2.44. The molecule has 2 N–H and O–H groups in total. The Balaban J connectivity index is 1.98. The number of hydrogen-bond acceptors (Lipinski definition) is 6. The molecule has 0 unspecified atom stereocenters. The van der Waals surface area contributed by atoms with E-state index in [1.807, 2.05) is 0 Å². The summed E-state index contributed by atoms with van der Waals surface area (Å²) in [6.45, 7) is 9.20. The lowest BCUT2D eigenvalue weighted by Crippen LogP contribution is -2.40. The number of rotatable bonds is 7. The predicted molar refractivity (Wildman–Crippen MR) is 99.1 cm³/mol. The van der Waals surface area contributed by atoms with Crippen LogP contribution in [0.3, 0.4) is 0 Å². The van der Waals surface area contributed by atoms with Gasteiger partial charge in [-0.1, -0.05) is 0 Å². The Morgan fingerprint density at radius 3 is 2.25 bits per heavy atom. The van der Waals surface area contributed by atoms with Crippen molar-refractivity contribution in [1.29, 1.82) is 0 Å². The zero-order chi connectivity index (χ0) is 21.4. The third kappa shape index (κ3) is 3.97. The molecule has 0 saturated carbocycles. The molecule has 1 aliphatic heterocycles. The Labute approximate surface area is 162 Å². The van der Waals surface area contributed by atoms with Crippen molar-refractivity contribution in [2.45, 2.75) is 59.6 Å². The average molecular weight is 391 g/mol. The number of imide groups is 1. The second-order valence-electron chi connectivity index (χ2n) is 7.44. The van der Waals surface area contributed by atoms with Crippen molar-refractivity contribution in [3.63, 3.8) is 0 Å². The number of carbonyl (C=O) groups is 5. The molecule has 1 aromatic rings. The van der Waals surface area contributed by atoms with E-state index < -0.39 is 35.3 Å². The number of ether oxygens (including phenoxy) is 1. The van der Waals surface area contributed by atoms with Gasteiger partial charge in [0.1, 0.15) is 5.54 Å². The molecule has 9 nitrogen and oxygen atoms in total. The van der Waals surface area contributed by atoms with Crippen LogP contribution in [0.5, 0.6) is 0 Å². The van der Waals surface area contributed by atoms with E-state index >= 15 is 0 Å². The first-order valence-corrected chi connectivity index (χ1v) is 8.94. The minimum Gasteiger partial charge on any atom is -0.454 e. The molecule has 2 rings (SSSR count). The number of hydrogen-bond donors (Lipinski definition) is 2. The zero-order valence-electron chi connectivity index (χ0n) is 16.9. The maximum absolute atomic E-state index is 12.6. The van der Waals surface area contributed by atoms with E-state index in [1.165, 1.54) is 13.8 Å². The lowest BCUT2D eigenvalue weighted by Gasteiger charge is -2.16. The molecule has 0 aromatic carbocycles. The predicted octanol–water partition coefficient (Wildman–Crippen LogP) is 1.67. The third-order valence-electron chi connectivity index (χ3n) is 4.70. The van der Waals surface area contributed by atoms with Gasteiger partial charge in [0.15, 0.2) is 11.9 Å². The molecule has 1 aliphatic rings. The van der Waals surface area contributed by atoms with E-state index in [-0.39, 0.29) is 24.4 Å². The van der Waals surface area contributed by atoms with Gasteiger partial charge in [0, 0.05) is 17.8 Å². The average Bonchev–Trinajstić information content (AvgIpc) is 2.97. The van der Waals surface area contributed by atoms with E-state index in [4.69, 9.17) is 4.74 Å². The number of nitrogens with one attached hydrogen (secondary N) is 2. The molecular weight excluding hydrogens is 366 g/mol. The number of ketones is 2. The summed E-state index contributed by atoms with van der Waals surface area (Å²) in [5.74, 6) is -1.76. The van der Waals surface area contributed by atoms with Crippen molar-refractivity contribution in [3.8, 4) is 0 Å². The SMILES string of the molecule is CC(=O)c1c(C)[nH]c(C(=O)[C@H](C)OC(=O)CCN2C(=O)NC(C)(C)C2=O)c1C. The second-order valence-corrected chi connectivity index (χ2v) is 7.44. The molecule has 3 amide bonds. The lowest BCUT2D eigenvalue weighted by atomic mass is 10.0. The van der Waals surface area contributed by atoms with Crippen LogP contribution in [0.4, 0.5) is 4.79 Å². The molecule has 2 heterocycles. The number of carbonyl (C=O) groups excluding carboxylic acids is 5. The number of amides is 3. The number of aromatic nitrogens is 1. The van der Waals surface area contributed by atoms with Crippen molar-refractivity contribution < 1.29 is 28.7 Å². The van der Waals surface area contributed by atoms with Gasteiger partial charge >= 0.3 is 12.0 Å². The van der Waals surface area contributed by atoms with Gasteiger partial charge in [0.25, 0.3) is 5.91 Å². The van der Waals surface area contributed by atoms with Gasteiger partial charge in [-0.3, -0.25) is 24.1 Å². The van der Waals surface area contributed by atoms with Crippen LogP contribution in [-0.4, -0.2) is 57.5 Å². The molecule has 28 heavy (non-hydrogen) atoms. The highest BCUT2D eigenvalue weighted by molar-refractivity contribution is 6.07. The van der Waals surface area contributed by atoms with Crippen LogP contribution in [-0.2, 0) is 14.3 Å². The van der Waals surface area contributed by atoms with Gasteiger partial charge in [-0.2, -0.15) is 0 Å². The summed E-state index contributed by atoms with van der Waals surface area (Å²) in [5.41, 5.74) is 0.746. The monoisotopic (exact) mass is 391 g/mol. The lowest BCUT2D eigenvalue weighted by molar-refractivity contribution is -0.146. The Kier molecular flexibility index (Phi) is 5.77. The van der Waals surface area contributed by atoms with E-state index in [1.54, 1.807) is 27.7 Å². The third-order valence-corrected chi connectivity index (χ3v) is 4.70. The molecule has 0 aliphatic carbocycles. The van der Waals surface area contributed by atoms with Crippen LogP contribution in [0.25, 0.3) is 0 Å². The minimum atomic E-state index is -1.08. The topological polar surface area (TPSA) is 126 Å². The molecule has 0 radical (unpaired) electrons. The van der Waals surface area contributed by atoms with Crippen LogP contribution >= 0.6 is 0 Å². The first-order valence-electron chi connectivity index (χ1n) is 8.94. The van der Waals surface area contributed by atoms with Crippen molar-refractivity contribution in [1.82, 2.24) is 15.2 Å². The van der Waals surface area contributed by atoms with Crippen molar-refractivity contribution in [2.75, 3.05) is 6.54 Å². The number of aromatic amines is 1. The fourth-order valence-electron chi connectivity index (χ4n) is 3.26. The summed E-state index contributed by atoms with van der Waals surface area (Å²) in [7, 11) is 0. The van der Waals surface area contributed by atoms with Crippen LogP contribution in [0, 0.1) is 13.8 Å². The number of urea groups is 1. The van der Waals surface area contributed by atoms with Crippen LogP contribution < -0.4 is 5.32 Å². The first-order chi connectivity index (χ1) is 12.9. The molecule has 9 heteroatoms. The maximum atomic E-state index is 12.6. The van der Waals surface area contributed by atoms with Gasteiger partial charge < -0.3 is 15.0 Å². The van der Waals surface area contributed by atoms with Crippen molar-refractivity contribution in [3.05, 3.63) is 22.5 Å². The van der Waals surface area contributed by atoms with Crippen molar-refractivity contribution >= 4 is 29.5 Å². The quantitative estimate of drug-likeness (QED) is 0.414. The molecule has 1 aromatic heterocycles. The maximum Gasteiger partial charge on any atom is 0.325 e. The Hall–Kier alpha value is -2.97. The standard InChI is InChI=1S/C19H25N3O6/c1-9-14(11(3)23)10(2)20-15(9)16(25)12(4)28-13(24)7-8-22-17(26)19(5,6)21-18(22)27/h12,20H,7-8H2,1-6H3,(H,21,27)/t12-/m0/s1. The van der Waals surface area contributed by atoms with E-state index in [0.717, 1.165) is 4.90 Å². The molecular formula is C19H25N3O6. The normalized spacial score (nSPS) is 16.7. The fraction of sp³-hybridized carbons (Fsp3) is 0.526. The number of nitrogens with zero attached hydrogens (tertiary/aromatic N) is 1. The number of aryl methyl sites for hydroxylation is 1. The Morgan fingerprint density at radius 1 is 1.18 bits per heavy atom. The molecule has 1 fully saturated rings. The molecule has 1 atom stereocenters. The molecule has 0 spiro atoms. The summed E-state index contributed by atoms with van der Waals surface area (Å²) in [4.78, 5) is 64.1. The van der Waals surface area contributed by atoms with Gasteiger partial charge in [0.2, 0.25) is 5.78 Å². The summed E-state index contributed by atoms with van der Waals surface area (Å²) >= 11 is 0. The largest absolute Gasteiger partial charge is 0.454 e. The van der Waals surface area contributed by atoms with Crippen LogP contribution in [0.2, 0.25) is 0 Å². The Morgan fingerprint density at radius 2 is 1.79 bits per heavy atom. The van der Waals surface area contributed by atoms with Gasteiger partial charge in [-0.15, -0.1) is 0 Å². The van der Waals surface area contributed by atoms with Gasteiger partial charge in [0.05, 0.1) is 12.1 Å². The number of Topliss-reactive ketones (excluding diaryl/α,β-unsaturated/α-hetero) is 2.